The fraction of sp³-hybridized carbons (Fsp3) is 0.533. The molecule has 1 aromatic rings. The highest BCUT2D eigenvalue weighted by molar-refractivity contribution is 5.95. The van der Waals surface area contributed by atoms with Crippen LogP contribution in [0.5, 0.6) is 0 Å². The van der Waals surface area contributed by atoms with Crippen molar-refractivity contribution in [2.45, 2.75) is 33.1 Å². The first-order chi connectivity index (χ1) is 9.15. The van der Waals surface area contributed by atoms with E-state index in [1.807, 2.05) is 36.9 Å². The highest BCUT2D eigenvalue weighted by Crippen LogP contribution is 2.27. The molecule has 0 spiro atoms. The van der Waals surface area contributed by atoms with Crippen molar-refractivity contribution in [3.63, 3.8) is 0 Å². The maximum absolute atomic E-state index is 12.5. The summed E-state index contributed by atoms with van der Waals surface area (Å²) >= 11 is 0. The minimum absolute atomic E-state index is 0.126. The molecule has 1 aliphatic rings. The summed E-state index contributed by atoms with van der Waals surface area (Å²) in [4.78, 5) is 14.4. The third kappa shape index (κ3) is 3.07. The summed E-state index contributed by atoms with van der Waals surface area (Å²) in [6, 6.07) is 5.61. The molecule has 2 rings (SSSR count). The SMILES string of the molecule is CCN(CC1CCC1)C(=O)c1ccc(NN)c(C)c1. The second-order valence-corrected chi connectivity index (χ2v) is 5.31. The fourth-order valence-electron chi connectivity index (χ4n) is 2.48. The van der Waals surface area contributed by atoms with Crippen molar-refractivity contribution >= 4 is 11.6 Å². The molecule has 0 atom stereocenters. The Morgan fingerprint density at radius 3 is 2.68 bits per heavy atom. The summed E-state index contributed by atoms with van der Waals surface area (Å²) in [6.07, 6.45) is 3.84. The van der Waals surface area contributed by atoms with Gasteiger partial charge in [-0.15, -0.1) is 0 Å². The largest absolute Gasteiger partial charge is 0.339 e. The molecule has 0 bridgehead atoms. The number of hydrogen-bond acceptors (Lipinski definition) is 3. The van der Waals surface area contributed by atoms with Crippen LogP contribution < -0.4 is 11.3 Å². The van der Waals surface area contributed by atoms with E-state index in [0.29, 0.717) is 5.92 Å². The Bertz CT molecular complexity index is 455. The standard InChI is InChI=1S/C15H23N3O/c1-3-18(10-12-5-4-6-12)15(19)13-7-8-14(17-16)11(2)9-13/h7-9,12,17H,3-6,10,16H2,1-2H3. The van der Waals surface area contributed by atoms with Crippen LogP contribution in [0.1, 0.15) is 42.1 Å². The maximum atomic E-state index is 12.5. The molecule has 0 unspecified atom stereocenters. The minimum Gasteiger partial charge on any atom is -0.339 e. The van der Waals surface area contributed by atoms with Crippen LogP contribution in [0.15, 0.2) is 18.2 Å². The van der Waals surface area contributed by atoms with Gasteiger partial charge in [0.25, 0.3) is 5.91 Å². The number of anilines is 1. The highest BCUT2D eigenvalue weighted by Gasteiger charge is 2.23. The number of carbonyl (C=O) groups excluding carboxylic acids is 1. The molecule has 0 aliphatic heterocycles. The van der Waals surface area contributed by atoms with Crippen LogP contribution in [0.3, 0.4) is 0 Å². The number of nitrogens with two attached hydrogens (primary N) is 1. The molecular formula is C15H23N3O. The van der Waals surface area contributed by atoms with Gasteiger partial charge in [-0.3, -0.25) is 10.6 Å². The third-order valence-electron chi connectivity index (χ3n) is 4.00. The van der Waals surface area contributed by atoms with Gasteiger partial charge in [0.05, 0.1) is 5.69 Å². The predicted molar refractivity (Wildman–Crippen MR) is 77.9 cm³/mol. The van der Waals surface area contributed by atoms with Crippen molar-refractivity contribution in [1.29, 1.82) is 0 Å². The first-order valence-corrected chi connectivity index (χ1v) is 7.02. The quantitative estimate of drug-likeness (QED) is 0.632. The number of benzene rings is 1. The molecule has 3 N–H and O–H groups in total. The molecule has 1 fully saturated rings. The first-order valence-electron chi connectivity index (χ1n) is 7.02. The number of rotatable bonds is 5. The molecule has 0 aromatic heterocycles. The van der Waals surface area contributed by atoms with Crippen LogP contribution in [0.25, 0.3) is 0 Å². The van der Waals surface area contributed by atoms with Gasteiger partial charge < -0.3 is 10.3 Å². The van der Waals surface area contributed by atoms with E-state index in [9.17, 15) is 4.79 Å². The van der Waals surface area contributed by atoms with Gasteiger partial charge in [-0.1, -0.05) is 6.42 Å². The number of hydrazine groups is 1. The molecule has 1 aromatic carbocycles. The van der Waals surface area contributed by atoms with Gasteiger partial charge in [0.2, 0.25) is 0 Å². The van der Waals surface area contributed by atoms with Gasteiger partial charge in [-0.2, -0.15) is 0 Å². The zero-order valence-corrected chi connectivity index (χ0v) is 11.8. The van der Waals surface area contributed by atoms with E-state index in [1.165, 1.54) is 19.3 Å². The molecule has 1 saturated carbocycles. The number of amides is 1. The summed E-state index contributed by atoms with van der Waals surface area (Å²) < 4.78 is 0. The van der Waals surface area contributed by atoms with Crippen molar-refractivity contribution in [3.8, 4) is 0 Å². The van der Waals surface area contributed by atoms with E-state index >= 15 is 0 Å². The third-order valence-corrected chi connectivity index (χ3v) is 4.00. The lowest BCUT2D eigenvalue weighted by Crippen LogP contribution is -2.37. The van der Waals surface area contributed by atoms with Gasteiger partial charge in [-0.25, -0.2) is 0 Å². The average Bonchev–Trinajstić information content (AvgIpc) is 2.37. The van der Waals surface area contributed by atoms with E-state index in [0.717, 1.165) is 29.9 Å². The Balaban J connectivity index is 2.09. The Morgan fingerprint density at radius 2 is 2.21 bits per heavy atom. The minimum atomic E-state index is 0.126. The zero-order chi connectivity index (χ0) is 13.8. The van der Waals surface area contributed by atoms with Gasteiger partial charge in [0.15, 0.2) is 0 Å². The molecule has 4 nitrogen and oxygen atoms in total. The number of nitrogens with one attached hydrogen (secondary N) is 1. The summed E-state index contributed by atoms with van der Waals surface area (Å²) in [5.74, 6) is 6.24. The van der Waals surface area contributed by atoms with E-state index in [1.54, 1.807) is 0 Å². The Hall–Kier alpha value is -1.55. The van der Waals surface area contributed by atoms with E-state index in [-0.39, 0.29) is 5.91 Å². The number of nitrogen functional groups attached to an aromatic ring is 1. The van der Waals surface area contributed by atoms with Crippen LogP contribution in [0, 0.1) is 12.8 Å². The number of hydrogen-bond donors (Lipinski definition) is 2. The fourth-order valence-corrected chi connectivity index (χ4v) is 2.48. The molecule has 4 heteroatoms. The lowest BCUT2D eigenvalue weighted by molar-refractivity contribution is 0.0706. The first kappa shape index (κ1) is 13.9. The van der Waals surface area contributed by atoms with Crippen molar-refractivity contribution in [1.82, 2.24) is 4.90 Å². The van der Waals surface area contributed by atoms with Crippen LogP contribution in [0.4, 0.5) is 5.69 Å². The molecule has 1 amide bonds. The predicted octanol–water partition coefficient (Wildman–Crippen LogP) is 2.54. The Morgan fingerprint density at radius 1 is 1.47 bits per heavy atom. The number of aryl methyl sites for hydroxylation is 1. The molecule has 104 valence electrons. The van der Waals surface area contributed by atoms with E-state index in [4.69, 9.17) is 5.84 Å². The van der Waals surface area contributed by atoms with Crippen molar-refractivity contribution in [3.05, 3.63) is 29.3 Å². The molecule has 0 heterocycles. The second-order valence-electron chi connectivity index (χ2n) is 5.31. The zero-order valence-electron chi connectivity index (χ0n) is 11.8. The van der Waals surface area contributed by atoms with Gasteiger partial charge in [0, 0.05) is 18.7 Å². The summed E-state index contributed by atoms with van der Waals surface area (Å²) in [5, 5.41) is 0. The Kier molecular flexibility index (Phi) is 4.43. The molecule has 0 radical (unpaired) electrons. The van der Waals surface area contributed by atoms with Crippen LogP contribution >= 0.6 is 0 Å². The van der Waals surface area contributed by atoms with Gasteiger partial charge in [-0.05, 0) is 56.4 Å². The lowest BCUT2D eigenvalue weighted by Gasteiger charge is -2.32. The number of carbonyl (C=O) groups is 1. The molecule has 0 saturated heterocycles. The summed E-state index contributed by atoms with van der Waals surface area (Å²) in [7, 11) is 0. The van der Waals surface area contributed by atoms with Crippen LogP contribution in [-0.2, 0) is 0 Å². The van der Waals surface area contributed by atoms with E-state index < -0.39 is 0 Å². The van der Waals surface area contributed by atoms with Crippen LogP contribution in [-0.4, -0.2) is 23.9 Å². The lowest BCUT2D eigenvalue weighted by atomic mass is 9.85. The molecular weight excluding hydrogens is 238 g/mol. The second kappa shape index (κ2) is 6.06. The van der Waals surface area contributed by atoms with E-state index in [2.05, 4.69) is 5.43 Å². The van der Waals surface area contributed by atoms with Crippen molar-refractivity contribution < 1.29 is 4.79 Å². The molecule has 1 aliphatic carbocycles. The highest BCUT2D eigenvalue weighted by atomic mass is 16.2. The monoisotopic (exact) mass is 261 g/mol. The summed E-state index contributed by atoms with van der Waals surface area (Å²) in [6.45, 7) is 5.66. The van der Waals surface area contributed by atoms with Crippen molar-refractivity contribution in [2.24, 2.45) is 11.8 Å². The van der Waals surface area contributed by atoms with Gasteiger partial charge >= 0.3 is 0 Å². The van der Waals surface area contributed by atoms with Crippen molar-refractivity contribution in [2.75, 3.05) is 18.5 Å². The molecule has 19 heavy (non-hydrogen) atoms. The average molecular weight is 261 g/mol. The summed E-state index contributed by atoms with van der Waals surface area (Å²) in [5.41, 5.74) is 5.23. The Labute approximate surface area is 114 Å². The normalized spacial score (nSPS) is 14.9. The maximum Gasteiger partial charge on any atom is 0.253 e. The smallest absolute Gasteiger partial charge is 0.253 e. The topological polar surface area (TPSA) is 58.4 Å². The van der Waals surface area contributed by atoms with Crippen LogP contribution in [0.2, 0.25) is 0 Å². The number of nitrogens with zero attached hydrogens (tertiary/aromatic N) is 1. The van der Waals surface area contributed by atoms with Gasteiger partial charge in [0.1, 0.15) is 0 Å².